The fourth-order valence-corrected chi connectivity index (χ4v) is 1.85. The molecule has 0 aliphatic carbocycles. The molecule has 4 nitrogen and oxygen atoms in total. The van der Waals surface area contributed by atoms with E-state index in [9.17, 15) is 0 Å². The second kappa shape index (κ2) is 5.69. The van der Waals surface area contributed by atoms with E-state index < -0.39 is 0 Å². The van der Waals surface area contributed by atoms with Gasteiger partial charge < -0.3 is 14.5 Å². The van der Waals surface area contributed by atoms with E-state index in [0.717, 1.165) is 23.6 Å². The SMILES string of the molecule is CCNC(C)c1ncc(-c2ccccc2OC)o1. The van der Waals surface area contributed by atoms with Gasteiger partial charge in [0, 0.05) is 0 Å². The van der Waals surface area contributed by atoms with Crippen LogP contribution in [0, 0.1) is 0 Å². The molecule has 0 aliphatic heterocycles. The van der Waals surface area contributed by atoms with E-state index in [4.69, 9.17) is 9.15 Å². The molecule has 0 saturated heterocycles. The van der Waals surface area contributed by atoms with Crippen molar-refractivity contribution in [1.29, 1.82) is 0 Å². The van der Waals surface area contributed by atoms with E-state index in [2.05, 4.69) is 17.2 Å². The van der Waals surface area contributed by atoms with Gasteiger partial charge in [-0.25, -0.2) is 4.98 Å². The minimum atomic E-state index is 0.110. The predicted molar refractivity (Wildman–Crippen MR) is 70.6 cm³/mol. The lowest BCUT2D eigenvalue weighted by Gasteiger charge is -2.07. The standard InChI is InChI=1S/C14H18N2O2/c1-4-15-10(2)14-16-9-13(18-14)11-7-5-6-8-12(11)17-3/h5-10,15H,4H2,1-3H3. The van der Waals surface area contributed by atoms with Crippen molar-refractivity contribution < 1.29 is 9.15 Å². The summed E-state index contributed by atoms with van der Waals surface area (Å²) in [6.45, 7) is 4.97. The Hall–Kier alpha value is -1.81. The van der Waals surface area contributed by atoms with Crippen LogP contribution in [0.1, 0.15) is 25.8 Å². The number of nitrogens with one attached hydrogen (secondary N) is 1. The van der Waals surface area contributed by atoms with Gasteiger partial charge in [-0.1, -0.05) is 19.1 Å². The summed E-state index contributed by atoms with van der Waals surface area (Å²) in [4.78, 5) is 4.30. The maximum atomic E-state index is 5.77. The maximum absolute atomic E-state index is 5.77. The van der Waals surface area contributed by atoms with Gasteiger partial charge in [0.1, 0.15) is 5.75 Å². The molecule has 1 atom stereocenters. The number of oxazole rings is 1. The zero-order valence-corrected chi connectivity index (χ0v) is 10.9. The average Bonchev–Trinajstić information content (AvgIpc) is 2.88. The van der Waals surface area contributed by atoms with Crippen molar-refractivity contribution in [3.05, 3.63) is 36.4 Å². The van der Waals surface area contributed by atoms with Crippen LogP contribution < -0.4 is 10.1 Å². The predicted octanol–water partition coefficient (Wildman–Crippen LogP) is 3.02. The lowest BCUT2D eigenvalue weighted by Crippen LogP contribution is -2.17. The molecule has 96 valence electrons. The summed E-state index contributed by atoms with van der Waals surface area (Å²) in [7, 11) is 1.65. The summed E-state index contributed by atoms with van der Waals surface area (Å²) in [6, 6.07) is 7.86. The van der Waals surface area contributed by atoms with E-state index in [0.29, 0.717) is 5.89 Å². The summed E-state index contributed by atoms with van der Waals surface area (Å²) in [6.07, 6.45) is 1.74. The Morgan fingerprint density at radius 1 is 1.39 bits per heavy atom. The fourth-order valence-electron chi connectivity index (χ4n) is 1.85. The number of methoxy groups -OCH3 is 1. The van der Waals surface area contributed by atoms with Gasteiger partial charge in [-0.05, 0) is 25.6 Å². The number of para-hydroxylation sites is 1. The summed E-state index contributed by atoms with van der Waals surface area (Å²) in [5, 5.41) is 3.27. The van der Waals surface area contributed by atoms with Crippen molar-refractivity contribution in [2.75, 3.05) is 13.7 Å². The molecule has 1 aromatic heterocycles. The van der Waals surface area contributed by atoms with Crippen molar-refractivity contribution in [3.63, 3.8) is 0 Å². The molecule has 0 amide bonds. The van der Waals surface area contributed by atoms with Gasteiger partial charge in [-0.15, -0.1) is 0 Å². The molecule has 4 heteroatoms. The van der Waals surface area contributed by atoms with E-state index in [-0.39, 0.29) is 6.04 Å². The fraction of sp³-hybridized carbons (Fsp3) is 0.357. The van der Waals surface area contributed by atoms with Gasteiger partial charge in [-0.2, -0.15) is 0 Å². The highest BCUT2D eigenvalue weighted by Crippen LogP contribution is 2.30. The van der Waals surface area contributed by atoms with Gasteiger partial charge >= 0.3 is 0 Å². The maximum Gasteiger partial charge on any atom is 0.211 e. The van der Waals surface area contributed by atoms with Gasteiger partial charge in [0.25, 0.3) is 0 Å². The molecule has 0 spiro atoms. The first-order valence-corrected chi connectivity index (χ1v) is 6.08. The van der Waals surface area contributed by atoms with Crippen molar-refractivity contribution in [2.45, 2.75) is 19.9 Å². The number of benzene rings is 1. The Morgan fingerprint density at radius 2 is 2.17 bits per heavy atom. The highest BCUT2D eigenvalue weighted by atomic mass is 16.5. The van der Waals surface area contributed by atoms with Gasteiger partial charge in [0.15, 0.2) is 5.76 Å². The molecule has 0 saturated carbocycles. The minimum absolute atomic E-state index is 0.110. The third kappa shape index (κ3) is 2.54. The molecule has 1 aromatic carbocycles. The van der Waals surface area contributed by atoms with Crippen LogP contribution >= 0.6 is 0 Å². The van der Waals surface area contributed by atoms with Crippen LogP contribution in [-0.2, 0) is 0 Å². The quantitative estimate of drug-likeness (QED) is 0.881. The van der Waals surface area contributed by atoms with Crippen LogP contribution in [0.5, 0.6) is 5.75 Å². The lowest BCUT2D eigenvalue weighted by atomic mass is 10.1. The molecule has 1 heterocycles. The Bertz CT molecular complexity index is 508. The number of hydrogen-bond acceptors (Lipinski definition) is 4. The first-order valence-electron chi connectivity index (χ1n) is 6.08. The molecule has 0 bridgehead atoms. The number of rotatable bonds is 5. The average molecular weight is 246 g/mol. The van der Waals surface area contributed by atoms with Crippen molar-refractivity contribution in [3.8, 4) is 17.1 Å². The summed E-state index contributed by atoms with van der Waals surface area (Å²) < 4.78 is 11.1. The van der Waals surface area contributed by atoms with Crippen molar-refractivity contribution in [2.24, 2.45) is 0 Å². The lowest BCUT2D eigenvalue weighted by molar-refractivity contribution is 0.408. The minimum Gasteiger partial charge on any atom is -0.496 e. The number of nitrogens with zero attached hydrogens (tertiary/aromatic N) is 1. The van der Waals surface area contributed by atoms with Crippen LogP contribution in [0.4, 0.5) is 0 Å². The number of hydrogen-bond donors (Lipinski definition) is 1. The highest BCUT2D eigenvalue weighted by Gasteiger charge is 2.14. The molecular formula is C14H18N2O2. The smallest absolute Gasteiger partial charge is 0.211 e. The molecule has 2 aromatic rings. The normalized spacial score (nSPS) is 12.4. The molecule has 0 aliphatic rings. The Kier molecular flexibility index (Phi) is 3.99. The summed E-state index contributed by atoms with van der Waals surface area (Å²) in [5.74, 6) is 2.21. The Labute approximate surface area is 107 Å². The molecule has 1 N–H and O–H groups in total. The number of ether oxygens (including phenoxy) is 1. The van der Waals surface area contributed by atoms with Crippen molar-refractivity contribution in [1.82, 2.24) is 10.3 Å². The van der Waals surface area contributed by atoms with Gasteiger partial charge in [-0.3, -0.25) is 0 Å². The molecular weight excluding hydrogens is 228 g/mol. The Morgan fingerprint density at radius 3 is 2.89 bits per heavy atom. The van der Waals surface area contributed by atoms with Gasteiger partial charge in [0.2, 0.25) is 5.89 Å². The molecule has 18 heavy (non-hydrogen) atoms. The van der Waals surface area contributed by atoms with E-state index >= 15 is 0 Å². The number of aromatic nitrogens is 1. The second-order valence-electron chi connectivity index (χ2n) is 4.04. The van der Waals surface area contributed by atoms with E-state index in [1.165, 1.54) is 0 Å². The zero-order valence-electron chi connectivity index (χ0n) is 10.9. The monoisotopic (exact) mass is 246 g/mol. The highest BCUT2D eigenvalue weighted by molar-refractivity contribution is 5.64. The first kappa shape index (κ1) is 12.6. The Balaban J connectivity index is 2.29. The van der Waals surface area contributed by atoms with Crippen LogP contribution in [0.3, 0.4) is 0 Å². The summed E-state index contributed by atoms with van der Waals surface area (Å²) in [5.41, 5.74) is 0.919. The van der Waals surface area contributed by atoms with E-state index in [1.54, 1.807) is 13.3 Å². The third-order valence-electron chi connectivity index (χ3n) is 2.78. The van der Waals surface area contributed by atoms with Crippen LogP contribution in [0.2, 0.25) is 0 Å². The molecule has 0 radical (unpaired) electrons. The first-order chi connectivity index (χ1) is 8.76. The largest absolute Gasteiger partial charge is 0.496 e. The van der Waals surface area contributed by atoms with E-state index in [1.807, 2.05) is 31.2 Å². The molecule has 2 rings (SSSR count). The summed E-state index contributed by atoms with van der Waals surface area (Å²) >= 11 is 0. The second-order valence-corrected chi connectivity index (χ2v) is 4.04. The third-order valence-corrected chi connectivity index (χ3v) is 2.78. The van der Waals surface area contributed by atoms with Crippen LogP contribution in [0.15, 0.2) is 34.9 Å². The van der Waals surface area contributed by atoms with Crippen LogP contribution in [0.25, 0.3) is 11.3 Å². The van der Waals surface area contributed by atoms with Crippen LogP contribution in [-0.4, -0.2) is 18.6 Å². The molecule has 1 unspecified atom stereocenters. The molecule has 0 fully saturated rings. The topological polar surface area (TPSA) is 47.3 Å². The van der Waals surface area contributed by atoms with Gasteiger partial charge in [0.05, 0.1) is 24.9 Å². The zero-order chi connectivity index (χ0) is 13.0. The van der Waals surface area contributed by atoms with Crippen molar-refractivity contribution >= 4 is 0 Å².